The first-order valence-corrected chi connectivity index (χ1v) is 5.45. The van der Waals surface area contributed by atoms with Crippen molar-refractivity contribution in [1.29, 1.82) is 0 Å². The molecule has 0 unspecified atom stereocenters. The highest BCUT2D eigenvalue weighted by molar-refractivity contribution is 7.53. The fourth-order valence-corrected chi connectivity index (χ4v) is 2.01. The van der Waals surface area contributed by atoms with E-state index in [1.54, 1.807) is 6.92 Å². The van der Waals surface area contributed by atoms with Gasteiger partial charge in [0.15, 0.2) is 0 Å². The topological polar surface area (TPSA) is 66.4 Å². The summed E-state index contributed by atoms with van der Waals surface area (Å²) in [6, 6.07) is 0. The number of rotatable bonds is 4. The van der Waals surface area contributed by atoms with Crippen LogP contribution < -0.4 is 9.79 Å². The summed E-state index contributed by atoms with van der Waals surface area (Å²) in [5, 5.41) is 0. The van der Waals surface area contributed by atoms with E-state index in [1.807, 2.05) is 13.8 Å². The van der Waals surface area contributed by atoms with Gasteiger partial charge in [0.25, 0.3) is 0 Å². The summed E-state index contributed by atoms with van der Waals surface area (Å²) in [5.74, 6) is 0. The number of halogens is 1. The Kier molecular flexibility index (Phi) is 7.65. The van der Waals surface area contributed by atoms with Crippen molar-refractivity contribution in [3.05, 3.63) is 11.5 Å². The molecule has 4 nitrogen and oxygen atoms in total. The van der Waals surface area contributed by atoms with E-state index in [1.165, 1.54) is 11.0 Å². The summed E-state index contributed by atoms with van der Waals surface area (Å²) in [7, 11) is -4.58. The molecule has 0 aromatic carbocycles. The van der Waals surface area contributed by atoms with E-state index in [-0.39, 0.29) is 17.8 Å². The average molecular weight is 228 g/mol. The molecule has 0 saturated heterocycles. The Hall–Kier alpha value is -0.0200. The summed E-state index contributed by atoms with van der Waals surface area (Å²) in [4.78, 5) is 22.9. The lowest BCUT2D eigenvalue weighted by atomic mass is 10.5. The maximum Gasteiger partial charge on any atom is 0.0412 e. The van der Waals surface area contributed by atoms with Crippen molar-refractivity contribution in [3.8, 4) is 0 Å². The van der Waals surface area contributed by atoms with Gasteiger partial charge in [-0.3, -0.25) is 0 Å². The Bertz CT molecular complexity index is 210. The molecule has 0 N–H and O–H groups in total. The van der Waals surface area contributed by atoms with Crippen molar-refractivity contribution in [1.82, 2.24) is 4.90 Å². The smallest absolute Gasteiger partial charge is 0.0412 e. The minimum Gasteiger partial charge on any atom is -0.806 e. The lowest BCUT2D eigenvalue weighted by Crippen LogP contribution is -2.29. The van der Waals surface area contributed by atoms with E-state index in [9.17, 15) is 14.4 Å². The average Bonchev–Trinajstić information content (AvgIpc) is 1.97. The summed E-state index contributed by atoms with van der Waals surface area (Å²) in [6.45, 7) is 6.23. The minimum atomic E-state index is -4.58. The summed E-state index contributed by atoms with van der Waals surface area (Å²) >= 11 is 0. The second kappa shape index (κ2) is 6.44. The van der Waals surface area contributed by atoms with E-state index in [2.05, 4.69) is 0 Å². The van der Waals surface area contributed by atoms with Crippen molar-refractivity contribution >= 4 is 20.0 Å². The molecule has 13 heavy (non-hydrogen) atoms. The predicted octanol–water partition coefficient (Wildman–Crippen LogP) is 0.525. The Balaban J connectivity index is 0. The molecule has 0 aliphatic heterocycles. The highest BCUT2D eigenvalue weighted by Crippen LogP contribution is 2.37. The molecule has 0 aromatic heterocycles. The normalized spacial score (nSPS) is 12.2. The van der Waals surface area contributed by atoms with Crippen LogP contribution in [0.1, 0.15) is 20.8 Å². The monoisotopic (exact) mass is 227 g/mol. The van der Waals surface area contributed by atoms with Crippen molar-refractivity contribution < 1.29 is 14.4 Å². The molecule has 0 atom stereocenters. The molecular formula is C7H15ClNO3P-2. The van der Waals surface area contributed by atoms with Crippen LogP contribution in [0.3, 0.4) is 0 Å². The number of allylic oxidation sites excluding steroid dienone is 1. The van der Waals surface area contributed by atoms with E-state index in [4.69, 9.17) is 0 Å². The van der Waals surface area contributed by atoms with Gasteiger partial charge in [0.1, 0.15) is 0 Å². The SMILES string of the molecule is C/C=C(/N(CC)CC)P(=O)([O-])[O-].Cl. The lowest BCUT2D eigenvalue weighted by Gasteiger charge is -2.39. The first-order valence-electron chi connectivity index (χ1n) is 3.91. The standard InChI is InChI=1S/C7H16NO3P.ClH/c1-4-7(12(9,10)11)8(5-2)6-3;/h4H,5-6H2,1-3H3,(H2,9,10,11);1H/p-2/b7-4-;. The third-order valence-corrected chi connectivity index (χ3v) is 2.73. The Morgan fingerprint density at radius 1 is 1.38 bits per heavy atom. The molecule has 0 saturated carbocycles. The van der Waals surface area contributed by atoms with Gasteiger partial charge in [-0.05, 0) is 28.4 Å². The third-order valence-electron chi connectivity index (χ3n) is 1.63. The van der Waals surface area contributed by atoms with Crippen molar-refractivity contribution in [2.75, 3.05) is 13.1 Å². The Morgan fingerprint density at radius 2 is 1.77 bits per heavy atom. The lowest BCUT2D eigenvalue weighted by molar-refractivity contribution is -0.311. The number of nitrogens with zero attached hydrogens (tertiary/aromatic N) is 1. The van der Waals surface area contributed by atoms with E-state index in [0.717, 1.165) is 0 Å². The molecule has 0 bridgehead atoms. The minimum absolute atomic E-state index is 0. The Morgan fingerprint density at radius 3 is 1.85 bits per heavy atom. The van der Waals surface area contributed by atoms with Crippen LogP contribution >= 0.6 is 20.0 Å². The molecule has 0 heterocycles. The van der Waals surface area contributed by atoms with Crippen LogP contribution in [-0.2, 0) is 4.57 Å². The second-order valence-corrected chi connectivity index (χ2v) is 3.77. The van der Waals surface area contributed by atoms with Crippen LogP contribution in [0.4, 0.5) is 0 Å². The van der Waals surface area contributed by atoms with Crippen molar-refractivity contribution in [2.24, 2.45) is 0 Å². The summed E-state index contributed by atoms with van der Waals surface area (Å²) < 4.78 is 10.7. The van der Waals surface area contributed by atoms with Gasteiger partial charge in [0, 0.05) is 18.5 Å². The molecule has 80 valence electrons. The molecule has 6 heteroatoms. The van der Waals surface area contributed by atoms with Crippen LogP contribution in [0.15, 0.2) is 11.5 Å². The molecule has 0 rings (SSSR count). The quantitative estimate of drug-likeness (QED) is 0.657. The van der Waals surface area contributed by atoms with Crippen LogP contribution in [0.2, 0.25) is 0 Å². The zero-order chi connectivity index (χ0) is 9.78. The van der Waals surface area contributed by atoms with Gasteiger partial charge in [0.05, 0.1) is 0 Å². The first kappa shape index (κ1) is 15.5. The molecule has 0 spiro atoms. The molecule has 0 aliphatic rings. The Labute approximate surface area is 85.2 Å². The highest BCUT2D eigenvalue weighted by Gasteiger charge is 2.07. The zero-order valence-electron chi connectivity index (χ0n) is 8.02. The second-order valence-electron chi connectivity index (χ2n) is 2.32. The molecule has 0 radical (unpaired) electrons. The number of hydrogen-bond acceptors (Lipinski definition) is 4. The van der Waals surface area contributed by atoms with Crippen LogP contribution in [0.5, 0.6) is 0 Å². The fourth-order valence-electron chi connectivity index (χ4n) is 1.06. The highest BCUT2D eigenvalue weighted by atomic mass is 35.5. The van der Waals surface area contributed by atoms with Crippen LogP contribution in [0, 0.1) is 0 Å². The van der Waals surface area contributed by atoms with Gasteiger partial charge in [-0.25, -0.2) is 0 Å². The van der Waals surface area contributed by atoms with Gasteiger partial charge >= 0.3 is 0 Å². The number of hydrogen-bond donors (Lipinski definition) is 0. The van der Waals surface area contributed by atoms with E-state index >= 15 is 0 Å². The van der Waals surface area contributed by atoms with Gasteiger partial charge in [-0.15, -0.1) is 12.4 Å². The predicted molar refractivity (Wildman–Crippen MR) is 51.5 cm³/mol. The zero-order valence-corrected chi connectivity index (χ0v) is 9.73. The van der Waals surface area contributed by atoms with E-state index in [0.29, 0.717) is 13.1 Å². The van der Waals surface area contributed by atoms with Crippen molar-refractivity contribution in [3.63, 3.8) is 0 Å². The summed E-state index contributed by atoms with van der Waals surface area (Å²) in [5.41, 5.74) is -0.104. The fraction of sp³-hybridized carbons (Fsp3) is 0.714. The largest absolute Gasteiger partial charge is 0.806 e. The van der Waals surface area contributed by atoms with E-state index < -0.39 is 7.60 Å². The van der Waals surface area contributed by atoms with Crippen LogP contribution in [-0.4, -0.2) is 18.0 Å². The van der Waals surface area contributed by atoms with Gasteiger partial charge in [0.2, 0.25) is 0 Å². The molecule has 0 aromatic rings. The van der Waals surface area contributed by atoms with Gasteiger partial charge < -0.3 is 19.3 Å². The maximum atomic E-state index is 10.7. The van der Waals surface area contributed by atoms with Gasteiger partial charge in [-0.2, -0.15) is 0 Å². The molecule has 0 fully saturated rings. The molecular weight excluding hydrogens is 213 g/mol. The molecule has 0 aliphatic carbocycles. The first-order chi connectivity index (χ1) is 5.47. The third kappa shape index (κ3) is 4.67. The van der Waals surface area contributed by atoms with Gasteiger partial charge in [-0.1, -0.05) is 6.08 Å². The van der Waals surface area contributed by atoms with Crippen molar-refractivity contribution in [2.45, 2.75) is 20.8 Å². The van der Waals surface area contributed by atoms with Crippen LogP contribution in [0.25, 0.3) is 0 Å². The maximum absolute atomic E-state index is 10.7. The molecule has 0 amide bonds. The summed E-state index contributed by atoms with van der Waals surface area (Å²) in [6.07, 6.45) is 1.34.